The van der Waals surface area contributed by atoms with Gasteiger partial charge in [0.1, 0.15) is 24.7 Å². The smallest absolute Gasteiger partial charge is 0.240 e. The Balaban J connectivity index is 1.76. The fraction of sp³-hybridized carbons (Fsp3) is 0.364. The third-order valence-electron chi connectivity index (χ3n) is 5.19. The predicted molar refractivity (Wildman–Crippen MR) is 111 cm³/mol. The van der Waals surface area contributed by atoms with Crippen molar-refractivity contribution in [3.63, 3.8) is 0 Å². The molecule has 0 aliphatic rings. The highest BCUT2D eigenvalue weighted by Gasteiger charge is 2.21. The third kappa shape index (κ3) is 4.70. The standard InChI is InChI=1S/C22H28N4O2/c1-3-22(23,4-2)16-24-21(27)14-26-19-13-9-8-12-18(19)25-20(26)15-28-17-10-6-5-7-11-17/h5-13H,3-4,14-16,23H2,1-2H3,(H,24,27). The van der Waals surface area contributed by atoms with Gasteiger partial charge in [0, 0.05) is 12.1 Å². The lowest BCUT2D eigenvalue weighted by Crippen LogP contribution is -2.49. The van der Waals surface area contributed by atoms with E-state index >= 15 is 0 Å². The van der Waals surface area contributed by atoms with Gasteiger partial charge in [-0.3, -0.25) is 4.79 Å². The Morgan fingerprint density at radius 2 is 1.79 bits per heavy atom. The first kappa shape index (κ1) is 19.9. The summed E-state index contributed by atoms with van der Waals surface area (Å²) in [5.41, 5.74) is 7.68. The van der Waals surface area contributed by atoms with Crippen molar-refractivity contribution in [2.75, 3.05) is 6.54 Å². The predicted octanol–water partition coefficient (Wildman–Crippen LogP) is 3.25. The van der Waals surface area contributed by atoms with Gasteiger partial charge in [-0.25, -0.2) is 4.98 Å². The maximum Gasteiger partial charge on any atom is 0.240 e. The van der Waals surface area contributed by atoms with E-state index in [0.29, 0.717) is 12.4 Å². The van der Waals surface area contributed by atoms with E-state index in [1.165, 1.54) is 0 Å². The molecule has 0 aliphatic heterocycles. The Labute approximate surface area is 165 Å². The summed E-state index contributed by atoms with van der Waals surface area (Å²) in [6.45, 7) is 5.01. The van der Waals surface area contributed by atoms with E-state index in [-0.39, 0.29) is 24.6 Å². The number of hydrogen-bond acceptors (Lipinski definition) is 4. The van der Waals surface area contributed by atoms with Gasteiger partial charge in [0.05, 0.1) is 11.0 Å². The molecule has 3 N–H and O–H groups in total. The van der Waals surface area contributed by atoms with Crippen molar-refractivity contribution < 1.29 is 9.53 Å². The number of benzene rings is 2. The Hall–Kier alpha value is -2.86. The summed E-state index contributed by atoms with van der Waals surface area (Å²) in [5.74, 6) is 1.40. The van der Waals surface area contributed by atoms with Crippen LogP contribution in [-0.4, -0.2) is 27.5 Å². The largest absolute Gasteiger partial charge is 0.486 e. The van der Waals surface area contributed by atoms with Crippen LogP contribution in [0.3, 0.4) is 0 Å². The number of nitrogens with two attached hydrogens (primary N) is 1. The fourth-order valence-electron chi connectivity index (χ4n) is 3.05. The third-order valence-corrected chi connectivity index (χ3v) is 5.19. The molecule has 0 fully saturated rings. The molecule has 0 saturated carbocycles. The molecule has 0 aliphatic carbocycles. The highest BCUT2D eigenvalue weighted by molar-refractivity contribution is 5.81. The van der Waals surface area contributed by atoms with Gasteiger partial charge in [0.15, 0.2) is 0 Å². The molecule has 28 heavy (non-hydrogen) atoms. The van der Waals surface area contributed by atoms with Crippen LogP contribution in [0, 0.1) is 0 Å². The molecule has 1 amide bonds. The number of ether oxygens (including phenoxy) is 1. The molecule has 0 radical (unpaired) electrons. The Morgan fingerprint density at radius 3 is 2.50 bits per heavy atom. The lowest BCUT2D eigenvalue weighted by molar-refractivity contribution is -0.121. The quantitative estimate of drug-likeness (QED) is 0.597. The second-order valence-electron chi connectivity index (χ2n) is 7.05. The van der Waals surface area contributed by atoms with Crippen LogP contribution in [-0.2, 0) is 17.9 Å². The minimum atomic E-state index is -0.369. The second-order valence-corrected chi connectivity index (χ2v) is 7.05. The zero-order chi connectivity index (χ0) is 20.0. The molecule has 6 nitrogen and oxygen atoms in total. The number of para-hydroxylation sites is 3. The summed E-state index contributed by atoms with van der Waals surface area (Å²) in [6, 6.07) is 17.4. The SMILES string of the molecule is CCC(N)(CC)CNC(=O)Cn1c(COc2ccccc2)nc2ccccc21. The van der Waals surface area contributed by atoms with Crippen LogP contribution in [0.2, 0.25) is 0 Å². The lowest BCUT2D eigenvalue weighted by Gasteiger charge is -2.26. The molecule has 2 aromatic carbocycles. The Bertz CT molecular complexity index is 917. The highest BCUT2D eigenvalue weighted by Crippen LogP contribution is 2.18. The van der Waals surface area contributed by atoms with Crippen molar-refractivity contribution in [2.45, 2.75) is 45.4 Å². The van der Waals surface area contributed by atoms with Crippen LogP contribution in [0.4, 0.5) is 0 Å². The molecule has 0 bridgehead atoms. The molecular weight excluding hydrogens is 352 g/mol. The molecule has 0 saturated heterocycles. The molecule has 3 rings (SSSR count). The van der Waals surface area contributed by atoms with Crippen LogP contribution in [0.1, 0.15) is 32.5 Å². The first-order chi connectivity index (χ1) is 13.5. The van der Waals surface area contributed by atoms with Crippen LogP contribution in [0.5, 0.6) is 5.75 Å². The molecular formula is C22H28N4O2. The molecule has 3 aromatic rings. The average molecular weight is 380 g/mol. The number of imidazole rings is 1. The monoisotopic (exact) mass is 380 g/mol. The van der Waals surface area contributed by atoms with Crippen molar-refractivity contribution in [1.29, 1.82) is 0 Å². The number of carbonyl (C=O) groups excluding carboxylic acids is 1. The van der Waals surface area contributed by atoms with Crippen molar-refractivity contribution in [2.24, 2.45) is 5.73 Å². The van der Waals surface area contributed by atoms with Crippen molar-refractivity contribution in [3.05, 3.63) is 60.4 Å². The summed E-state index contributed by atoms with van der Waals surface area (Å²) < 4.78 is 7.76. The zero-order valence-electron chi connectivity index (χ0n) is 16.5. The topological polar surface area (TPSA) is 82.2 Å². The maximum absolute atomic E-state index is 12.6. The van der Waals surface area contributed by atoms with Crippen LogP contribution >= 0.6 is 0 Å². The van der Waals surface area contributed by atoms with Gasteiger partial charge >= 0.3 is 0 Å². The van der Waals surface area contributed by atoms with E-state index in [4.69, 9.17) is 10.5 Å². The number of nitrogens with zero attached hydrogens (tertiary/aromatic N) is 2. The van der Waals surface area contributed by atoms with E-state index in [2.05, 4.69) is 10.3 Å². The Morgan fingerprint density at radius 1 is 1.11 bits per heavy atom. The number of amides is 1. The van der Waals surface area contributed by atoms with E-state index in [1.54, 1.807) is 0 Å². The molecule has 6 heteroatoms. The summed E-state index contributed by atoms with van der Waals surface area (Å²) in [5, 5.41) is 2.98. The first-order valence-electron chi connectivity index (χ1n) is 9.72. The van der Waals surface area contributed by atoms with Gasteiger partial charge in [0.2, 0.25) is 5.91 Å². The van der Waals surface area contributed by atoms with E-state index in [9.17, 15) is 4.79 Å². The highest BCUT2D eigenvalue weighted by atomic mass is 16.5. The summed E-state index contributed by atoms with van der Waals surface area (Å²) >= 11 is 0. The van der Waals surface area contributed by atoms with Crippen LogP contribution in [0.15, 0.2) is 54.6 Å². The molecule has 1 heterocycles. The zero-order valence-corrected chi connectivity index (χ0v) is 16.5. The number of rotatable bonds is 9. The molecule has 0 spiro atoms. The minimum Gasteiger partial charge on any atom is -0.486 e. The molecule has 0 atom stereocenters. The van der Waals surface area contributed by atoms with Crippen LogP contribution < -0.4 is 15.8 Å². The normalized spacial score (nSPS) is 11.5. The van der Waals surface area contributed by atoms with E-state index in [0.717, 1.165) is 29.6 Å². The van der Waals surface area contributed by atoms with Gasteiger partial charge < -0.3 is 20.4 Å². The van der Waals surface area contributed by atoms with Crippen molar-refractivity contribution in [3.8, 4) is 5.75 Å². The second kappa shape index (κ2) is 8.89. The number of nitrogens with one attached hydrogen (secondary N) is 1. The summed E-state index contributed by atoms with van der Waals surface area (Å²) in [4.78, 5) is 17.3. The van der Waals surface area contributed by atoms with E-state index in [1.807, 2.05) is 73.0 Å². The Kier molecular flexibility index (Phi) is 6.31. The van der Waals surface area contributed by atoms with Gasteiger partial charge in [0.25, 0.3) is 0 Å². The van der Waals surface area contributed by atoms with Crippen molar-refractivity contribution in [1.82, 2.24) is 14.9 Å². The fourth-order valence-corrected chi connectivity index (χ4v) is 3.05. The minimum absolute atomic E-state index is 0.0826. The van der Waals surface area contributed by atoms with Gasteiger partial charge in [-0.1, -0.05) is 44.2 Å². The number of hydrogen-bond donors (Lipinski definition) is 2. The van der Waals surface area contributed by atoms with Gasteiger partial charge in [-0.2, -0.15) is 0 Å². The lowest BCUT2D eigenvalue weighted by atomic mass is 9.94. The maximum atomic E-state index is 12.6. The number of carbonyl (C=O) groups is 1. The molecule has 0 unspecified atom stereocenters. The summed E-state index contributed by atoms with van der Waals surface area (Å²) in [6.07, 6.45) is 1.63. The van der Waals surface area contributed by atoms with Crippen LogP contribution in [0.25, 0.3) is 11.0 Å². The average Bonchev–Trinajstić information content (AvgIpc) is 3.08. The molecule has 1 aromatic heterocycles. The van der Waals surface area contributed by atoms with Gasteiger partial charge in [-0.05, 0) is 37.1 Å². The first-order valence-corrected chi connectivity index (χ1v) is 9.72. The van der Waals surface area contributed by atoms with Crippen molar-refractivity contribution >= 4 is 16.9 Å². The van der Waals surface area contributed by atoms with Gasteiger partial charge in [-0.15, -0.1) is 0 Å². The van der Waals surface area contributed by atoms with E-state index < -0.39 is 0 Å². The molecule has 148 valence electrons. The summed E-state index contributed by atoms with van der Waals surface area (Å²) in [7, 11) is 0. The number of aromatic nitrogens is 2. The number of fused-ring (bicyclic) bond motifs is 1.